The predicted octanol–water partition coefficient (Wildman–Crippen LogP) is 2.18. The first-order valence-corrected chi connectivity index (χ1v) is 4.74. The molecule has 13 heavy (non-hydrogen) atoms. The average molecular weight is 178 g/mol. The van der Waals surface area contributed by atoms with E-state index in [0.717, 1.165) is 11.3 Å². The van der Waals surface area contributed by atoms with E-state index in [1.807, 2.05) is 0 Å². The minimum absolute atomic E-state index is 0.159. The van der Waals surface area contributed by atoms with Crippen LogP contribution in [0.2, 0.25) is 0 Å². The van der Waals surface area contributed by atoms with Gasteiger partial charge < -0.3 is 5.11 Å². The Hall–Kier alpha value is -1.12. The maximum atomic E-state index is 9.59. The van der Waals surface area contributed by atoms with E-state index < -0.39 is 0 Å². The normalized spacial score (nSPS) is 16.5. The molecule has 0 atom stereocenters. The van der Waals surface area contributed by atoms with E-state index in [-0.39, 0.29) is 5.88 Å². The van der Waals surface area contributed by atoms with Gasteiger partial charge in [0.25, 0.3) is 0 Å². The Kier molecular flexibility index (Phi) is 1.94. The minimum Gasteiger partial charge on any atom is -0.493 e. The van der Waals surface area contributed by atoms with Crippen molar-refractivity contribution in [2.45, 2.75) is 38.5 Å². The highest BCUT2D eigenvalue weighted by Gasteiger charge is 2.29. The Morgan fingerprint density at radius 2 is 2.08 bits per heavy atom. The number of hydrogen-bond donors (Lipinski definition) is 1. The fourth-order valence-corrected chi connectivity index (χ4v) is 1.64. The molecule has 1 N–H and O–H groups in total. The zero-order valence-corrected chi connectivity index (χ0v) is 7.99. The van der Waals surface area contributed by atoms with Crippen LogP contribution in [0, 0.1) is 0 Å². The largest absolute Gasteiger partial charge is 0.493 e. The summed E-state index contributed by atoms with van der Waals surface area (Å²) < 4.78 is 0. The minimum atomic E-state index is 0.159. The SMILES string of the molecule is CC(C)c1c(O)ncnc1C1CC1. The van der Waals surface area contributed by atoms with Crippen LogP contribution in [-0.4, -0.2) is 15.1 Å². The molecule has 1 saturated carbocycles. The average Bonchev–Trinajstić information content (AvgIpc) is 2.85. The summed E-state index contributed by atoms with van der Waals surface area (Å²) >= 11 is 0. The van der Waals surface area contributed by atoms with Crippen LogP contribution in [-0.2, 0) is 0 Å². The van der Waals surface area contributed by atoms with Gasteiger partial charge in [-0.15, -0.1) is 0 Å². The van der Waals surface area contributed by atoms with Gasteiger partial charge in [0.05, 0.1) is 5.69 Å². The predicted molar refractivity (Wildman–Crippen MR) is 49.8 cm³/mol. The molecule has 0 bridgehead atoms. The second-order valence-electron chi connectivity index (χ2n) is 3.93. The van der Waals surface area contributed by atoms with Crippen molar-refractivity contribution in [2.24, 2.45) is 0 Å². The van der Waals surface area contributed by atoms with Crippen LogP contribution in [0.4, 0.5) is 0 Å². The molecule has 70 valence electrons. The van der Waals surface area contributed by atoms with Gasteiger partial charge in [-0.05, 0) is 18.8 Å². The summed E-state index contributed by atoms with van der Waals surface area (Å²) in [7, 11) is 0. The van der Waals surface area contributed by atoms with E-state index in [0.29, 0.717) is 11.8 Å². The molecule has 1 fully saturated rings. The zero-order valence-electron chi connectivity index (χ0n) is 7.99. The lowest BCUT2D eigenvalue weighted by Gasteiger charge is -2.11. The Balaban J connectivity index is 2.47. The van der Waals surface area contributed by atoms with E-state index in [4.69, 9.17) is 0 Å². The summed E-state index contributed by atoms with van der Waals surface area (Å²) in [4.78, 5) is 8.07. The number of rotatable bonds is 2. The summed E-state index contributed by atoms with van der Waals surface area (Å²) in [5.74, 6) is 1.04. The molecule has 1 aliphatic carbocycles. The monoisotopic (exact) mass is 178 g/mol. The van der Waals surface area contributed by atoms with E-state index in [2.05, 4.69) is 23.8 Å². The van der Waals surface area contributed by atoms with Crippen molar-refractivity contribution in [3.05, 3.63) is 17.6 Å². The number of aromatic hydroxyl groups is 1. The van der Waals surface area contributed by atoms with Crippen LogP contribution in [0.5, 0.6) is 5.88 Å². The van der Waals surface area contributed by atoms with Gasteiger partial charge in [0.2, 0.25) is 5.88 Å². The Labute approximate surface area is 77.8 Å². The summed E-state index contributed by atoms with van der Waals surface area (Å²) in [5, 5.41) is 9.59. The fraction of sp³-hybridized carbons (Fsp3) is 0.600. The van der Waals surface area contributed by atoms with Crippen molar-refractivity contribution in [1.29, 1.82) is 0 Å². The molecule has 3 heteroatoms. The maximum absolute atomic E-state index is 9.59. The lowest BCUT2D eigenvalue weighted by molar-refractivity contribution is 0.438. The Morgan fingerprint density at radius 3 is 2.62 bits per heavy atom. The van der Waals surface area contributed by atoms with Gasteiger partial charge in [-0.1, -0.05) is 13.8 Å². The molecule has 0 aliphatic heterocycles. The van der Waals surface area contributed by atoms with Gasteiger partial charge >= 0.3 is 0 Å². The lowest BCUT2D eigenvalue weighted by atomic mass is 10.0. The molecule has 1 heterocycles. The quantitative estimate of drug-likeness (QED) is 0.755. The molecule has 0 saturated heterocycles. The van der Waals surface area contributed by atoms with Crippen molar-refractivity contribution in [3.8, 4) is 5.88 Å². The third-order valence-electron chi connectivity index (χ3n) is 2.44. The highest BCUT2D eigenvalue weighted by atomic mass is 16.3. The fourth-order valence-electron chi connectivity index (χ4n) is 1.64. The van der Waals surface area contributed by atoms with Crippen molar-refractivity contribution in [2.75, 3.05) is 0 Å². The van der Waals surface area contributed by atoms with Crippen LogP contribution in [0.15, 0.2) is 6.33 Å². The lowest BCUT2D eigenvalue weighted by Crippen LogP contribution is -2.00. The topological polar surface area (TPSA) is 46.0 Å². The number of nitrogens with zero attached hydrogens (tertiary/aromatic N) is 2. The summed E-state index contributed by atoms with van der Waals surface area (Å²) in [5.41, 5.74) is 1.99. The molecule has 0 amide bonds. The first-order valence-electron chi connectivity index (χ1n) is 4.74. The van der Waals surface area contributed by atoms with Gasteiger partial charge in [-0.25, -0.2) is 9.97 Å². The van der Waals surface area contributed by atoms with E-state index >= 15 is 0 Å². The first-order chi connectivity index (χ1) is 6.20. The smallest absolute Gasteiger partial charge is 0.217 e. The second-order valence-corrected chi connectivity index (χ2v) is 3.93. The van der Waals surface area contributed by atoms with Gasteiger partial charge in [0.15, 0.2) is 0 Å². The Morgan fingerprint density at radius 1 is 1.38 bits per heavy atom. The van der Waals surface area contributed by atoms with Gasteiger partial charge in [-0.3, -0.25) is 0 Å². The molecular weight excluding hydrogens is 164 g/mol. The molecular formula is C10H14N2O. The number of hydrogen-bond acceptors (Lipinski definition) is 3. The summed E-state index contributed by atoms with van der Waals surface area (Å²) in [6, 6.07) is 0. The molecule has 1 aliphatic rings. The molecule has 0 spiro atoms. The zero-order chi connectivity index (χ0) is 9.42. The van der Waals surface area contributed by atoms with Crippen LogP contribution >= 0.6 is 0 Å². The van der Waals surface area contributed by atoms with Crippen molar-refractivity contribution in [3.63, 3.8) is 0 Å². The number of aromatic nitrogens is 2. The van der Waals surface area contributed by atoms with E-state index in [1.165, 1.54) is 19.2 Å². The van der Waals surface area contributed by atoms with Crippen molar-refractivity contribution >= 4 is 0 Å². The van der Waals surface area contributed by atoms with Crippen molar-refractivity contribution < 1.29 is 5.11 Å². The molecule has 1 aromatic rings. The third kappa shape index (κ3) is 1.50. The van der Waals surface area contributed by atoms with Gasteiger partial charge in [0, 0.05) is 11.5 Å². The second kappa shape index (κ2) is 2.98. The van der Waals surface area contributed by atoms with Crippen LogP contribution in [0.1, 0.15) is 49.8 Å². The van der Waals surface area contributed by atoms with Gasteiger partial charge in [0.1, 0.15) is 6.33 Å². The van der Waals surface area contributed by atoms with Crippen LogP contribution < -0.4 is 0 Å². The maximum Gasteiger partial charge on any atom is 0.217 e. The summed E-state index contributed by atoms with van der Waals surface area (Å²) in [6.45, 7) is 4.12. The standard InChI is InChI=1S/C10H14N2O/c1-6(2)8-9(7-3-4-7)11-5-12-10(8)13/h5-7H,3-4H2,1-2H3,(H,11,12,13). The van der Waals surface area contributed by atoms with Gasteiger partial charge in [-0.2, -0.15) is 0 Å². The summed E-state index contributed by atoms with van der Waals surface area (Å²) in [6.07, 6.45) is 3.86. The highest BCUT2D eigenvalue weighted by molar-refractivity contribution is 5.35. The first kappa shape index (κ1) is 8.48. The van der Waals surface area contributed by atoms with E-state index in [1.54, 1.807) is 0 Å². The molecule has 0 radical (unpaired) electrons. The van der Waals surface area contributed by atoms with Crippen LogP contribution in [0.3, 0.4) is 0 Å². The third-order valence-corrected chi connectivity index (χ3v) is 2.44. The van der Waals surface area contributed by atoms with Crippen LogP contribution in [0.25, 0.3) is 0 Å². The van der Waals surface area contributed by atoms with E-state index in [9.17, 15) is 5.11 Å². The molecule has 0 aromatic carbocycles. The molecule has 0 unspecified atom stereocenters. The molecule has 1 aromatic heterocycles. The molecule has 2 rings (SSSR count). The molecule has 3 nitrogen and oxygen atoms in total. The Bertz CT molecular complexity index is 319. The van der Waals surface area contributed by atoms with Crippen molar-refractivity contribution in [1.82, 2.24) is 9.97 Å². The highest BCUT2D eigenvalue weighted by Crippen LogP contribution is 2.43.